The number of nitrogens with zero attached hydrogens (tertiary/aromatic N) is 1. The first-order valence-corrected chi connectivity index (χ1v) is 4.04. The molecule has 74 valence electrons. The summed E-state index contributed by atoms with van der Waals surface area (Å²) < 4.78 is 0. The fourth-order valence-electron chi connectivity index (χ4n) is 0.880. The van der Waals surface area contributed by atoms with Crippen molar-refractivity contribution in [2.24, 2.45) is 0 Å². The standard InChI is InChI=1S/C9H15NO3/c1-6(2)9(13)10(7(3)4)5-8(11)12/h7H,1,5H2,2-4H3,(H,11,12). The molecule has 1 amide bonds. The molecule has 0 aromatic rings. The van der Waals surface area contributed by atoms with Gasteiger partial charge in [0.05, 0.1) is 0 Å². The van der Waals surface area contributed by atoms with Crippen molar-refractivity contribution in [1.82, 2.24) is 4.90 Å². The van der Waals surface area contributed by atoms with Gasteiger partial charge in [-0.15, -0.1) is 0 Å². The molecule has 0 saturated carbocycles. The first-order valence-electron chi connectivity index (χ1n) is 4.04. The molecule has 0 heterocycles. The lowest BCUT2D eigenvalue weighted by atomic mass is 10.2. The molecule has 0 aliphatic heterocycles. The maximum atomic E-state index is 11.4. The third-order valence-electron chi connectivity index (χ3n) is 1.55. The summed E-state index contributed by atoms with van der Waals surface area (Å²) >= 11 is 0. The summed E-state index contributed by atoms with van der Waals surface area (Å²) in [5.41, 5.74) is 0.356. The zero-order valence-electron chi connectivity index (χ0n) is 8.20. The van der Waals surface area contributed by atoms with E-state index in [0.717, 1.165) is 0 Å². The Labute approximate surface area is 77.8 Å². The van der Waals surface area contributed by atoms with Gasteiger partial charge in [-0.3, -0.25) is 9.59 Å². The summed E-state index contributed by atoms with van der Waals surface area (Å²) in [5, 5.41) is 8.54. The maximum absolute atomic E-state index is 11.4. The van der Waals surface area contributed by atoms with Crippen LogP contribution in [0.1, 0.15) is 20.8 Å². The van der Waals surface area contributed by atoms with E-state index < -0.39 is 5.97 Å². The van der Waals surface area contributed by atoms with E-state index in [1.807, 2.05) is 0 Å². The van der Waals surface area contributed by atoms with Crippen molar-refractivity contribution >= 4 is 11.9 Å². The molecule has 0 atom stereocenters. The Bertz CT molecular complexity index is 233. The van der Waals surface area contributed by atoms with Gasteiger partial charge in [-0.2, -0.15) is 0 Å². The Hall–Kier alpha value is -1.32. The Kier molecular flexibility index (Phi) is 4.17. The highest BCUT2D eigenvalue weighted by atomic mass is 16.4. The third kappa shape index (κ3) is 3.73. The molecule has 0 spiro atoms. The minimum atomic E-state index is -1.01. The molecular formula is C9H15NO3. The summed E-state index contributed by atoms with van der Waals surface area (Å²) in [6, 6.07) is -0.125. The summed E-state index contributed by atoms with van der Waals surface area (Å²) in [7, 11) is 0. The van der Waals surface area contributed by atoms with Crippen molar-refractivity contribution in [3.8, 4) is 0 Å². The molecule has 0 unspecified atom stereocenters. The number of hydrogen-bond donors (Lipinski definition) is 1. The lowest BCUT2D eigenvalue weighted by molar-refractivity contribution is -0.144. The second-order valence-electron chi connectivity index (χ2n) is 3.20. The molecule has 1 N–H and O–H groups in total. The molecule has 4 nitrogen and oxygen atoms in total. The molecule has 0 fully saturated rings. The van der Waals surface area contributed by atoms with Gasteiger partial charge < -0.3 is 10.0 Å². The van der Waals surface area contributed by atoms with Gasteiger partial charge in [-0.25, -0.2) is 0 Å². The Morgan fingerprint density at radius 2 is 1.92 bits per heavy atom. The van der Waals surface area contributed by atoms with Gasteiger partial charge in [-0.05, 0) is 20.8 Å². The number of hydrogen-bond acceptors (Lipinski definition) is 2. The van der Waals surface area contributed by atoms with E-state index in [1.165, 1.54) is 4.90 Å². The van der Waals surface area contributed by atoms with E-state index in [2.05, 4.69) is 6.58 Å². The van der Waals surface area contributed by atoms with Gasteiger partial charge in [0, 0.05) is 11.6 Å². The Balaban J connectivity index is 4.51. The topological polar surface area (TPSA) is 57.6 Å². The molecule has 0 radical (unpaired) electrons. The predicted octanol–water partition coefficient (Wildman–Crippen LogP) is 0.884. The predicted molar refractivity (Wildman–Crippen MR) is 49.3 cm³/mol. The normalized spacial score (nSPS) is 9.85. The van der Waals surface area contributed by atoms with Crippen LogP contribution in [0.5, 0.6) is 0 Å². The number of carbonyl (C=O) groups is 2. The summed E-state index contributed by atoms with van der Waals surface area (Å²) in [6.07, 6.45) is 0. The second kappa shape index (κ2) is 4.64. The summed E-state index contributed by atoms with van der Waals surface area (Å²) in [6.45, 7) is 8.31. The zero-order valence-corrected chi connectivity index (χ0v) is 8.20. The number of carbonyl (C=O) groups excluding carboxylic acids is 1. The van der Waals surface area contributed by atoms with Gasteiger partial charge in [-0.1, -0.05) is 6.58 Å². The number of carboxylic acid groups (broad SMARTS) is 1. The van der Waals surface area contributed by atoms with Crippen molar-refractivity contribution in [3.05, 3.63) is 12.2 Å². The van der Waals surface area contributed by atoms with Crippen LogP contribution in [-0.4, -0.2) is 34.5 Å². The van der Waals surface area contributed by atoms with Gasteiger partial charge >= 0.3 is 5.97 Å². The molecule has 0 rings (SSSR count). The molecule has 0 aliphatic carbocycles. The smallest absolute Gasteiger partial charge is 0.323 e. The highest BCUT2D eigenvalue weighted by Gasteiger charge is 2.19. The molecular weight excluding hydrogens is 170 g/mol. The molecule has 4 heteroatoms. The van der Waals surface area contributed by atoms with Crippen molar-refractivity contribution in [2.45, 2.75) is 26.8 Å². The van der Waals surface area contributed by atoms with E-state index >= 15 is 0 Å². The average Bonchev–Trinajstić information content (AvgIpc) is 1.97. The zero-order chi connectivity index (χ0) is 10.6. The minimum absolute atomic E-state index is 0.125. The van der Waals surface area contributed by atoms with Crippen LogP contribution >= 0.6 is 0 Å². The van der Waals surface area contributed by atoms with Crippen molar-refractivity contribution < 1.29 is 14.7 Å². The van der Waals surface area contributed by atoms with Crippen molar-refractivity contribution in [1.29, 1.82) is 0 Å². The van der Waals surface area contributed by atoms with Gasteiger partial charge in [0.2, 0.25) is 5.91 Å². The molecule has 0 aliphatic rings. The molecule has 0 saturated heterocycles. The van der Waals surface area contributed by atoms with Gasteiger partial charge in [0.25, 0.3) is 0 Å². The van der Waals surface area contributed by atoms with Crippen LogP contribution in [0, 0.1) is 0 Å². The van der Waals surface area contributed by atoms with E-state index in [9.17, 15) is 9.59 Å². The van der Waals surface area contributed by atoms with Gasteiger partial charge in [0.15, 0.2) is 0 Å². The third-order valence-corrected chi connectivity index (χ3v) is 1.55. The fourth-order valence-corrected chi connectivity index (χ4v) is 0.880. The first kappa shape index (κ1) is 11.7. The Morgan fingerprint density at radius 1 is 1.46 bits per heavy atom. The highest BCUT2D eigenvalue weighted by Crippen LogP contribution is 2.03. The van der Waals surface area contributed by atoms with Crippen LogP contribution < -0.4 is 0 Å². The number of aliphatic carboxylic acids is 1. The minimum Gasteiger partial charge on any atom is -0.480 e. The lowest BCUT2D eigenvalue weighted by Crippen LogP contribution is -2.40. The van der Waals surface area contributed by atoms with Crippen LogP contribution in [-0.2, 0) is 9.59 Å². The van der Waals surface area contributed by atoms with Crippen LogP contribution in [0.3, 0.4) is 0 Å². The van der Waals surface area contributed by atoms with Crippen molar-refractivity contribution in [2.75, 3.05) is 6.54 Å². The number of rotatable bonds is 4. The van der Waals surface area contributed by atoms with Crippen LogP contribution in [0.4, 0.5) is 0 Å². The second-order valence-corrected chi connectivity index (χ2v) is 3.20. The SMILES string of the molecule is C=C(C)C(=O)N(CC(=O)O)C(C)C. The molecule has 0 bridgehead atoms. The summed E-state index contributed by atoms with van der Waals surface area (Å²) in [4.78, 5) is 23.1. The van der Waals surface area contributed by atoms with Crippen LogP contribution in [0.2, 0.25) is 0 Å². The fraction of sp³-hybridized carbons (Fsp3) is 0.556. The lowest BCUT2D eigenvalue weighted by Gasteiger charge is -2.24. The van der Waals surface area contributed by atoms with Gasteiger partial charge in [0.1, 0.15) is 6.54 Å². The molecule has 0 aromatic heterocycles. The van der Waals surface area contributed by atoms with E-state index in [-0.39, 0.29) is 18.5 Å². The molecule has 0 aromatic carbocycles. The summed E-state index contributed by atoms with van der Waals surface area (Å²) in [5.74, 6) is -1.32. The van der Waals surface area contributed by atoms with E-state index in [1.54, 1.807) is 20.8 Å². The maximum Gasteiger partial charge on any atom is 0.323 e. The van der Waals surface area contributed by atoms with E-state index in [0.29, 0.717) is 5.57 Å². The number of carboxylic acids is 1. The highest BCUT2D eigenvalue weighted by molar-refractivity contribution is 5.94. The number of amides is 1. The van der Waals surface area contributed by atoms with Crippen LogP contribution in [0.15, 0.2) is 12.2 Å². The van der Waals surface area contributed by atoms with E-state index in [4.69, 9.17) is 5.11 Å². The quantitative estimate of drug-likeness (QED) is 0.661. The largest absolute Gasteiger partial charge is 0.480 e. The van der Waals surface area contributed by atoms with Crippen LogP contribution in [0.25, 0.3) is 0 Å². The van der Waals surface area contributed by atoms with Crippen molar-refractivity contribution in [3.63, 3.8) is 0 Å². The average molecular weight is 185 g/mol. The Morgan fingerprint density at radius 3 is 2.15 bits per heavy atom. The monoisotopic (exact) mass is 185 g/mol. The molecule has 13 heavy (non-hydrogen) atoms. The first-order chi connectivity index (χ1) is 5.86.